The molecular formula is C14H19N3S. The normalized spacial score (nSPS) is 10.6. The minimum atomic E-state index is 0.842. The molecule has 1 aromatic carbocycles. The lowest BCUT2D eigenvalue weighted by molar-refractivity contribution is 0.714. The lowest BCUT2D eigenvalue weighted by atomic mass is 10.2. The van der Waals surface area contributed by atoms with Gasteiger partial charge in [-0.2, -0.15) is 0 Å². The second-order valence-corrected chi connectivity index (χ2v) is 5.08. The fourth-order valence-electron chi connectivity index (χ4n) is 1.83. The van der Waals surface area contributed by atoms with Crippen molar-refractivity contribution in [2.75, 3.05) is 18.5 Å². The lowest BCUT2D eigenvalue weighted by Gasteiger charge is -2.18. The summed E-state index contributed by atoms with van der Waals surface area (Å²) in [5.74, 6) is 0. The summed E-state index contributed by atoms with van der Waals surface area (Å²) >= 11 is 1.69. The van der Waals surface area contributed by atoms with Crippen LogP contribution in [0.15, 0.2) is 29.6 Å². The van der Waals surface area contributed by atoms with E-state index < -0.39 is 0 Å². The highest BCUT2D eigenvalue weighted by Crippen LogP contribution is 2.28. The van der Waals surface area contributed by atoms with Crippen LogP contribution in [0.3, 0.4) is 0 Å². The molecule has 2 rings (SSSR count). The smallest absolute Gasteiger partial charge is 0.189 e. The molecule has 4 heteroatoms. The zero-order valence-corrected chi connectivity index (χ0v) is 11.9. The monoisotopic (exact) mass is 261 g/mol. The quantitative estimate of drug-likeness (QED) is 0.895. The Morgan fingerprint density at radius 1 is 1.33 bits per heavy atom. The number of hydrogen-bond acceptors (Lipinski definition) is 4. The zero-order chi connectivity index (χ0) is 13.0. The summed E-state index contributed by atoms with van der Waals surface area (Å²) in [7, 11) is 2.07. The van der Waals surface area contributed by atoms with E-state index in [-0.39, 0.29) is 0 Å². The average Bonchev–Trinajstić information content (AvgIpc) is 2.85. The SMILES string of the molecule is CCNCc1csc(N(C)c2ccccc2C)n1. The highest BCUT2D eigenvalue weighted by atomic mass is 32.1. The lowest BCUT2D eigenvalue weighted by Crippen LogP contribution is -2.13. The van der Waals surface area contributed by atoms with Crippen LogP contribution >= 0.6 is 11.3 Å². The van der Waals surface area contributed by atoms with Crippen molar-refractivity contribution in [2.45, 2.75) is 20.4 Å². The van der Waals surface area contributed by atoms with Gasteiger partial charge in [-0.1, -0.05) is 25.1 Å². The Morgan fingerprint density at radius 2 is 2.11 bits per heavy atom. The summed E-state index contributed by atoms with van der Waals surface area (Å²) in [6.45, 7) is 6.04. The van der Waals surface area contributed by atoms with Gasteiger partial charge in [0, 0.05) is 24.7 Å². The van der Waals surface area contributed by atoms with E-state index >= 15 is 0 Å². The molecule has 2 aromatic rings. The molecule has 0 bridgehead atoms. The third-order valence-corrected chi connectivity index (χ3v) is 3.83. The van der Waals surface area contributed by atoms with E-state index in [1.54, 1.807) is 11.3 Å². The van der Waals surface area contributed by atoms with Gasteiger partial charge in [0.1, 0.15) is 0 Å². The Morgan fingerprint density at radius 3 is 2.83 bits per heavy atom. The second kappa shape index (κ2) is 5.98. The van der Waals surface area contributed by atoms with Gasteiger partial charge >= 0.3 is 0 Å². The van der Waals surface area contributed by atoms with Crippen molar-refractivity contribution in [2.24, 2.45) is 0 Å². The van der Waals surface area contributed by atoms with Crippen LogP contribution in [-0.4, -0.2) is 18.6 Å². The first kappa shape index (κ1) is 13.1. The molecule has 96 valence electrons. The first-order valence-electron chi connectivity index (χ1n) is 6.17. The fourth-order valence-corrected chi connectivity index (χ4v) is 2.63. The molecule has 0 amide bonds. The number of anilines is 2. The summed E-state index contributed by atoms with van der Waals surface area (Å²) in [5, 5.41) is 6.45. The number of aromatic nitrogens is 1. The van der Waals surface area contributed by atoms with Crippen molar-refractivity contribution < 1.29 is 0 Å². The molecule has 0 aliphatic rings. The van der Waals surface area contributed by atoms with Crippen LogP contribution in [0.4, 0.5) is 10.8 Å². The first-order valence-corrected chi connectivity index (χ1v) is 7.04. The summed E-state index contributed by atoms with van der Waals surface area (Å²) in [5.41, 5.74) is 3.59. The molecule has 1 aromatic heterocycles. The highest BCUT2D eigenvalue weighted by molar-refractivity contribution is 7.13. The van der Waals surface area contributed by atoms with Crippen LogP contribution in [0.25, 0.3) is 0 Å². The van der Waals surface area contributed by atoms with E-state index in [0.29, 0.717) is 0 Å². The van der Waals surface area contributed by atoms with Gasteiger partial charge in [0.15, 0.2) is 5.13 Å². The van der Waals surface area contributed by atoms with Crippen molar-refractivity contribution in [3.63, 3.8) is 0 Å². The maximum Gasteiger partial charge on any atom is 0.189 e. The van der Waals surface area contributed by atoms with E-state index in [9.17, 15) is 0 Å². The van der Waals surface area contributed by atoms with Crippen LogP contribution in [0, 0.1) is 6.92 Å². The van der Waals surface area contributed by atoms with Crippen LogP contribution < -0.4 is 10.2 Å². The average molecular weight is 261 g/mol. The number of hydrogen-bond donors (Lipinski definition) is 1. The molecule has 0 saturated carbocycles. The highest BCUT2D eigenvalue weighted by Gasteiger charge is 2.10. The van der Waals surface area contributed by atoms with Gasteiger partial charge in [0.05, 0.1) is 5.69 Å². The van der Waals surface area contributed by atoms with Crippen LogP contribution in [0.2, 0.25) is 0 Å². The predicted octanol–water partition coefficient (Wildman–Crippen LogP) is 3.33. The van der Waals surface area contributed by atoms with Crippen molar-refractivity contribution in [1.29, 1.82) is 0 Å². The molecule has 0 aliphatic heterocycles. The number of nitrogens with one attached hydrogen (secondary N) is 1. The van der Waals surface area contributed by atoms with Crippen LogP contribution in [0.5, 0.6) is 0 Å². The largest absolute Gasteiger partial charge is 0.321 e. The number of thiazole rings is 1. The molecule has 0 spiro atoms. The number of aryl methyl sites for hydroxylation is 1. The van der Waals surface area contributed by atoms with E-state index in [1.807, 2.05) is 0 Å². The van der Waals surface area contributed by atoms with Crippen molar-refractivity contribution in [1.82, 2.24) is 10.3 Å². The van der Waals surface area contributed by atoms with Gasteiger partial charge in [0.25, 0.3) is 0 Å². The molecule has 0 unspecified atom stereocenters. The molecule has 0 atom stereocenters. The van der Waals surface area contributed by atoms with Gasteiger partial charge in [0.2, 0.25) is 0 Å². The maximum atomic E-state index is 4.65. The standard InChI is InChI=1S/C14H19N3S/c1-4-15-9-12-10-18-14(16-12)17(3)13-8-6-5-7-11(13)2/h5-8,10,15H,4,9H2,1-3H3. The Kier molecular flexibility index (Phi) is 4.33. The Balaban J connectivity index is 2.16. The molecule has 0 radical (unpaired) electrons. The molecule has 0 aliphatic carbocycles. The number of rotatable bonds is 5. The molecule has 0 saturated heterocycles. The Labute approximate surface area is 112 Å². The number of benzene rings is 1. The molecule has 18 heavy (non-hydrogen) atoms. The summed E-state index contributed by atoms with van der Waals surface area (Å²) in [4.78, 5) is 6.80. The second-order valence-electron chi connectivity index (χ2n) is 4.25. The van der Waals surface area contributed by atoms with Gasteiger partial charge in [-0.15, -0.1) is 11.3 Å². The summed E-state index contributed by atoms with van der Waals surface area (Å²) in [6, 6.07) is 8.37. The molecule has 1 N–H and O–H groups in total. The fraction of sp³-hybridized carbons (Fsp3) is 0.357. The third-order valence-electron chi connectivity index (χ3n) is 2.86. The van der Waals surface area contributed by atoms with E-state index in [4.69, 9.17) is 0 Å². The minimum absolute atomic E-state index is 0.842. The molecule has 1 heterocycles. The van der Waals surface area contributed by atoms with Crippen molar-refractivity contribution >= 4 is 22.2 Å². The van der Waals surface area contributed by atoms with E-state index in [1.165, 1.54) is 11.3 Å². The van der Waals surface area contributed by atoms with Gasteiger partial charge in [-0.3, -0.25) is 0 Å². The van der Waals surface area contributed by atoms with Crippen molar-refractivity contribution in [3.05, 3.63) is 40.9 Å². The Bertz CT molecular complexity index is 507. The summed E-state index contributed by atoms with van der Waals surface area (Å²) < 4.78 is 0. The predicted molar refractivity (Wildman–Crippen MR) is 78.7 cm³/mol. The topological polar surface area (TPSA) is 28.2 Å². The molecule has 3 nitrogen and oxygen atoms in total. The molecular weight excluding hydrogens is 242 g/mol. The summed E-state index contributed by atoms with van der Waals surface area (Å²) in [6.07, 6.45) is 0. The van der Waals surface area contributed by atoms with E-state index in [0.717, 1.165) is 23.9 Å². The Hall–Kier alpha value is -1.39. The maximum absolute atomic E-state index is 4.65. The van der Waals surface area contributed by atoms with Crippen LogP contribution in [-0.2, 0) is 6.54 Å². The third kappa shape index (κ3) is 2.89. The molecule has 0 fully saturated rings. The number of para-hydroxylation sites is 1. The van der Waals surface area contributed by atoms with Crippen molar-refractivity contribution in [3.8, 4) is 0 Å². The van der Waals surface area contributed by atoms with Gasteiger partial charge < -0.3 is 10.2 Å². The van der Waals surface area contributed by atoms with Crippen LogP contribution in [0.1, 0.15) is 18.2 Å². The minimum Gasteiger partial charge on any atom is -0.321 e. The van der Waals surface area contributed by atoms with Gasteiger partial charge in [-0.25, -0.2) is 4.98 Å². The van der Waals surface area contributed by atoms with Gasteiger partial charge in [-0.05, 0) is 25.1 Å². The van der Waals surface area contributed by atoms with E-state index in [2.05, 4.69) is 65.7 Å². The number of nitrogens with zero attached hydrogens (tertiary/aromatic N) is 2. The first-order chi connectivity index (χ1) is 8.72. The zero-order valence-electron chi connectivity index (χ0n) is 11.1.